The van der Waals surface area contributed by atoms with Gasteiger partial charge in [-0.2, -0.15) is 0 Å². The van der Waals surface area contributed by atoms with Crippen LogP contribution in [-0.2, 0) is 4.74 Å². The van der Waals surface area contributed by atoms with E-state index in [1.165, 1.54) is 0 Å². The molecule has 0 saturated carbocycles. The van der Waals surface area contributed by atoms with Gasteiger partial charge in [-0.05, 0) is 50.2 Å². The van der Waals surface area contributed by atoms with Gasteiger partial charge in [-0.1, -0.05) is 0 Å². The topological polar surface area (TPSA) is 57.7 Å². The van der Waals surface area contributed by atoms with Gasteiger partial charge in [-0.15, -0.1) is 0 Å². The van der Waals surface area contributed by atoms with Gasteiger partial charge in [0.1, 0.15) is 5.69 Å². The lowest BCUT2D eigenvalue weighted by atomic mass is 10.2. The summed E-state index contributed by atoms with van der Waals surface area (Å²) in [5.41, 5.74) is 3.36. The lowest BCUT2D eigenvalue weighted by molar-refractivity contribution is 0.102. The van der Waals surface area contributed by atoms with Crippen LogP contribution in [0.15, 0.2) is 42.6 Å². The molecule has 0 bridgehead atoms. The molecule has 0 atom stereocenters. The van der Waals surface area contributed by atoms with E-state index in [9.17, 15) is 4.79 Å². The Bertz CT molecular complexity index is 706. The molecule has 1 fully saturated rings. The smallest absolute Gasteiger partial charge is 0.274 e. The minimum atomic E-state index is -0.200. The van der Waals surface area contributed by atoms with Crippen molar-refractivity contribution in [1.82, 2.24) is 4.98 Å². The molecule has 6 heteroatoms. The van der Waals surface area contributed by atoms with Gasteiger partial charge in [-0.25, -0.2) is 4.98 Å². The number of amides is 1. The lowest BCUT2D eigenvalue weighted by Crippen LogP contribution is -2.36. The number of nitrogens with one attached hydrogen (secondary N) is 1. The molecule has 3 rings (SSSR count). The van der Waals surface area contributed by atoms with Crippen molar-refractivity contribution in [3.05, 3.63) is 48.3 Å². The summed E-state index contributed by atoms with van der Waals surface area (Å²) in [7, 11) is 0. The second kappa shape index (κ2) is 8.67. The predicted octanol–water partition coefficient (Wildman–Crippen LogP) is 3.02. The summed E-state index contributed by atoms with van der Waals surface area (Å²) in [6, 6.07) is 11.6. The zero-order valence-corrected chi connectivity index (χ0v) is 15.4. The Morgan fingerprint density at radius 2 is 1.81 bits per heavy atom. The first kappa shape index (κ1) is 18.2. The van der Waals surface area contributed by atoms with Crippen molar-refractivity contribution in [1.29, 1.82) is 0 Å². The highest BCUT2D eigenvalue weighted by Crippen LogP contribution is 2.19. The fraction of sp³-hybridized carbons (Fsp3) is 0.400. The fourth-order valence-corrected chi connectivity index (χ4v) is 3.07. The molecule has 2 heterocycles. The van der Waals surface area contributed by atoms with Gasteiger partial charge in [0.2, 0.25) is 0 Å². The van der Waals surface area contributed by atoms with E-state index in [0.29, 0.717) is 5.69 Å². The van der Waals surface area contributed by atoms with Crippen molar-refractivity contribution in [2.24, 2.45) is 0 Å². The molecule has 1 aliphatic heterocycles. The summed E-state index contributed by atoms with van der Waals surface area (Å²) >= 11 is 0. The average Bonchev–Trinajstić information content (AvgIpc) is 2.71. The molecule has 2 aromatic rings. The highest BCUT2D eigenvalue weighted by atomic mass is 16.5. The first-order chi connectivity index (χ1) is 12.7. The number of aromatic nitrogens is 1. The molecule has 1 aromatic carbocycles. The van der Waals surface area contributed by atoms with Crippen molar-refractivity contribution in [2.75, 3.05) is 54.5 Å². The minimum absolute atomic E-state index is 0.200. The first-order valence-corrected chi connectivity index (χ1v) is 9.16. The normalized spacial score (nSPS) is 14.2. The Morgan fingerprint density at radius 1 is 1.12 bits per heavy atom. The maximum absolute atomic E-state index is 12.4. The summed E-state index contributed by atoms with van der Waals surface area (Å²) in [4.78, 5) is 21.2. The number of benzene rings is 1. The maximum atomic E-state index is 12.4. The number of nitrogens with zero attached hydrogens (tertiary/aromatic N) is 3. The van der Waals surface area contributed by atoms with Gasteiger partial charge < -0.3 is 19.9 Å². The fourth-order valence-electron chi connectivity index (χ4n) is 3.07. The van der Waals surface area contributed by atoms with Gasteiger partial charge in [0, 0.05) is 37.6 Å². The standard InChI is InChI=1S/C20H26N4O2/c1-3-23(4-2)17-7-5-16(6-8-17)22-20(25)19-10-9-18(15-21-19)24-11-13-26-14-12-24/h5-10,15H,3-4,11-14H2,1-2H3,(H,22,25). The quantitative estimate of drug-likeness (QED) is 0.864. The van der Waals surface area contributed by atoms with Gasteiger partial charge in [-0.3, -0.25) is 4.79 Å². The molecule has 6 nitrogen and oxygen atoms in total. The van der Waals surface area contributed by atoms with E-state index in [0.717, 1.165) is 56.5 Å². The largest absolute Gasteiger partial charge is 0.378 e. The van der Waals surface area contributed by atoms with E-state index >= 15 is 0 Å². The number of rotatable bonds is 6. The third-order valence-electron chi connectivity index (χ3n) is 4.61. The van der Waals surface area contributed by atoms with Crippen LogP contribution in [0.1, 0.15) is 24.3 Å². The molecule has 1 amide bonds. The third-order valence-corrected chi connectivity index (χ3v) is 4.61. The summed E-state index contributed by atoms with van der Waals surface area (Å²) < 4.78 is 5.36. The van der Waals surface area contributed by atoms with Gasteiger partial charge in [0.05, 0.1) is 25.1 Å². The average molecular weight is 354 g/mol. The number of hydrogen-bond donors (Lipinski definition) is 1. The van der Waals surface area contributed by atoms with Crippen LogP contribution in [0.25, 0.3) is 0 Å². The number of carbonyl (C=O) groups is 1. The van der Waals surface area contributed by atoms with E-state index in [2.05, 4.69) is 33.9 Å². The minimum Gasteiger partial charge on any atom is -0.378 e. The molecule has 1 aliphatic rings. The molecular weight excluding hydrogens is 328 g/mol. The van der Waals surface area contributed by atoms with Crippen LogP contribution in [0.4, 0.5) is 17.1 Å². The summed E-state index contributed by atoms with van der Waals surface area (Å²) in [6.07, 6.45) is 1.75. The number of morpholine rings is 1. The number of ether oxygens (including phenoxy) is 1. The molecule has 138 valence electrons. The molecule has 0 spiro atoms. The molecule has 1 saturated heterocycles. The predicted molar refractivity (Wildman–Crippen MR) is 105 cm³/mol. The molecule has 1 aromatic heterocycles. The van der Waals surface area contributed by atoms with Gasteiger partial charge in [0.25, 0.3) is 5.91 Å². The van der Waals surface area contributed by atoms with Crippen molar-refractivity contribution in [2.45, 2.75) is 13.8 Å². The van der Waals surface area contributed by atoms with E-state index in [4.69, 9.17) is 4.74 Å². The molecule has 0 unspecified atom stereocenters. The van der Waals surface area contributed by atoms with Crippen LogP contribution in [-0.4, -0.2) is 50.3 Å². The molecule has 0 radical (unpaired) electrons. The van der Waals surface area contributed by atoms with Crippen molar-refractivity contribution >= 4 is 23.0 Å². The molecular formula is C20H26N4O2. The van der Waals surface area contributed by atoms with Gasteiger partial charge >= 0.3 is 0 Å². The Morgan fingerprint density at radius 3 is 2.38 bits per heavy atom. The van der Waals surface area contributed by atoms with Crippen LogP contribution in [0.3, 0.4) is 0 Å². The summed E-state index contributed by atoms with van der Waals surface area (Å²) in [5, 5.41) is 2.91. The SMILES string of the molecule is CCN(CC)c1ccc(NC(=O)c2ccc(N3CCOCC3)cn2)cc1. The summed E-state index contributed by atoms with van der Waals surface area (Å²) in [5.74, 6) is -0.200. The highest BCUT2D eigenvalue weighted by molar-refractivity contribution is 6.03. The monoisotopic (exact) mass is 354 g/mol. The number of pyridine rings is 1. The van der Waals surface area contributed by atoms with E-state index in [1.54, 1.807) is 12.3 Å². The van der Waals surface area contributed by atoms with Crippen LogP contribution in [0, 0.1) is 0 Å². The zero-order chi connectivity index (χ0) is 18.4. The molecule has 26 heavy (non-hydrogen) atoms. The van der Waals surface area contributed by atoms with E-state index in [-0.39, 0.29) is 5.91 Å². The van der Waals surface area contributed by atoms with E-state index < -0.39 is 0 Å². The number of hydrogen-bond acceptors (Lipinski definition) is 5. The van der Waals surface area contributed by atoms with E-state index in [1.807, 2.05) is 30.3 Å². The third kappa shape index (κ3) is 4.32. The van der Waals surface area contributed by atoms with Crippen LogP contribution in [0.2, 0.25) is 0 Å². The zero-order valence-electron chi connectivity index (χ0n) is 15.4. The second-order valence-electron chi connectivity index (χ2n) is 6.17. The maximum Gasteiger partial charge on any atom is 0.274 e. The number of anilines is 3. The Kier molecular flexibility index (Phi) is 6.07. The Balaban J connectivity index is 1.62. The van der Waals surface area contributed by atoms with Gasteiger partial charge in [0.15, 0.2) is 0 Å². The highest BCUT2D eigenvalue weighted by Gasteiger charge is 2.13. The summed E-state index contributed by atoms with van der Waals surface area (Å²) in [6.45, 7) is 9.34. The van der Waals surface area contributed by atoms with Crippen molar-refractivity contribution in [3.63, 3.8) is 0 Å². The number of carbonyl (C=O) groups excluding carboxylic acids is 1. The molecule has 1 N–H and O–H groups in total. The van der Waals surface area contributed by atoms with Crippen LogP contribution < -0.4 is 15.1 Å². The van der Waals surface area contributed by atoms with Crippen molar-refractivity contribution in [3.8, 4) is 0 Å². The Labute approximate surface area is 154 Å². The van der Waals surface area contributed by atoms with Crippen LogP contribution in [0.5, 0.6) is 0 Å². The first-order valence-electron chi connectivity index (χ1n) is 9.16. The lowest BCUT2D eigenvalue weighted by Gasteiger charge is -2.28. The Hall–Kier alpha value is -2.60. The second-order valence-corrected chi connectivity index (χ2v) is 6.17. The van der Waals surface area contributed by atoms with Crippen LogP contribution >= 0.6 is 0 Å². The molecule has 0 aliphatic carbocycles. The van der Waals surface area contributed by atoms with Crippen molar-refractivity contribution < 1.29 is 9.53 Å².